The van der Waals surface area contributed by atoms with Gasteiger partial charge in [0.1, 0.15) is 0 Å². The van der Waals surface area contributed by atoms with Crippen molar-refractivity contribution in [1.82, 2.24) is 0 Å². The Morgan fingerprint density at radius 1 is 1.64 bits per heavy atom. The normalized spacial score (nSPS) is 12.6. The van der Waals surface area contributed by atoms with Crippen molar-refractivity contribution in [2.45, 2.75) is 31.6 Å². The number of hydrogen-bond acceptors (Lipinski definition) is 2. The van der Waals surface area contributed by atoms with Crippen LogP contribution in [0.1, 0.15) is 26.2 Å². The van der Waals surface area contributed by atoms with Gasteiger partial charge in [0.05, 0.1) is 0 Å². The lowest BCUT2D eigenvalue weighted by atomic mass is 10.2. The first-order chi connectivity index (χ1) is 5.20. The molecule has 0 bridgehead atoms. The summed E-state index contributed by atoms with van der Waals surface area (Å²) in [6.07, 6.45) is 1.89. The van der Waals surface area contributed by atoms with E-state index in [4.69, 9.17) is 23.2 Å². The maximum atomic E-state index is 10.7. The number of alkyl halides is 2. The standard InChI is InChI=1S/C7H12Cl2O2/c1-2-6(9)3-4-7(10)11-5-8/h6H,2-5H2,1H3. The summed E-state index contributed by atoms with van der Waals surface area (Å²) in [7, 11) is 0. The predicted molar refractivity (Wildman–Crippen MR) is 46.0 cm³/mol. The molecule has 0 aliphatic carbocycles. The van der Waals surface area contributed by atoms with E-state index in [-0.39, 0.29) is 17.4 Å². The molecule has 1 unspecified atom stereocenters. The molecular weight excluding hydrogens is 187 g/mol. The van der Waals surface area contributed by atoms with Gasteiger partial charge in [-0.05, 0) is 12.8 Å². The molecule has 66 valence electrons. The summed E-state index contributed by atoms with van der Waals surface area (Å²) >= 11 is 10.9. The van der Waals surface area contributed by atoms with Gasteiger partial charge in [-0.3, -0.25) is 4.79 Å². The van der Waals surface area contributed by atoms with Gasteiger partial charge < -0.3 is 4.74 Å². The zero-order chi connectivity index (χ0) is 8.69. The SMILES string of the molecule is CCC(Cl)CCC(=O)OCCl. The Morgan fingerprint density at radius 3 is 2.73 bits per heavy atom. The van der Waals surface area contributed by atoms with Gasteiger partial charge in [0.15, 0.2) is 6.07 Å². The molecule has 0 aliphatic heterocycles. The number of rotatable bonds is 5. The molecule has 0 radical (unpaired) electrons. The molecular formula is C7H12Cl2O2. The van der Waals surface area contributed by atoms with E-state index in [0.717, 1.165) is 6.42 Å². The first-order valence-electron chi connectivity index (χ1n) is 3.56. The number of esters is 1. The molecule has 2 nitrogen and oxygen atoms in total. The average molecular weight is 199 g/mol. The van der Waals surface area contributed by atoms with E-state index in [1.54, 1.807) is 0 Å². The third kappa shape index (κ3) is 6.45. The molecule has 0 N–H and O–H groups in total. The van der Waals surface area contributed by atoms with E-state index in [1.807, 2.05) is 6.92 Å². The maximum Gasteiger partial charge on any atom is 0.307 e. The van der Waals surface area contributed by atoms with Crippen molar-refractivity contribution in [2.75, 3.05) is 6.07 Å². The smallest absolute Gasteiger partial charge is 0.307 e. The molecule has 0 saturated heterocycles. The summed E-state index contributed by atoms with van der Waals surface area (Å²) in [5, 5.41) is 0.0675. The Balaban J connectivity index is 3.30. The fraction of sp³-hybridized carbons (Fsp3) is 0.857. The van der Waals surface area contributed by atoms with E-state index in [0.29, 0.717) is 12.8 Å². The van der Waals surface area contributed by atoms with Crippen molar-refractivity contribution in [3.8, 4) is 0 Å². The van der Waals surface area contributed by atoms with Crippen LogP contribution in [0, 0.1) is 0 Å². The Labute approximate surface area is 76.8 Å². The second-order valence-corrected chi connectivity index (χ2v) is 3.01. The third-order valence-corrected chi connectivity index (χ3v) is 1.96. The van der Waals surface area contributed by atoms with Gasteiger partial charge in [-0.25, -0.2) is 0 Å². The molecule has 0 aliphatic rings. The Hall–Kier alpha value is 0.0500. The topological polar surface area (TPSA) is 26.3 Å². The lowest BCUT2D eigenvalue weighted by molar-refractivity contribution is -0.141. The number of ether oxygens (including phenoxy) is 1. The van der Waals surface area contributed by atoms with E-state index in [9.17, 15) is 4.79 Å². The van der Waals surface area contributed by atoms with Gasteiger partial charge in [-0.15, -0.1) is 11.6 Å². The first kappa shape index (κ1) is 11.1. The van der Waals surface area contributed by atoms with E-state index >= 15 is 0 Å². The highest BCUT2D eigenvalue weighted by atomic mass is 35.5. The third-order valence-electron chi connectivity index (χ3n) is 1.32. The minimum Gasteiger partial charge on any atom is -0.449 e. The molecule has 1 atom stereocenters. The highest BCUT2D eigenvalue weighted by molar-refractivity contribution is 6.20. The van der Waals surface area contributed by atoms with Crippen molar-refractivity contribution < 1.29 is 9.53 Å². The predicted octanol–water partition coefficient (Wildman–Crippen LogP) is 2.52. The molecule has 0 saturated carbocycles. The number of hydrogen-bond donors (Lipinski definition) is 0. The number of halogens is 2. The molecule has 11 heavy (non-hydrogen) atoms. The monoisotopic (exact) mass is 198 g/mol. The van der Waals surface area contributed by atoms with Crippen LogP contribution in [0.4, 0.5) is 0 Å². The highest BCUT2D eigenvalue weighted by Crippen LogP contribution is 2.09. The Morgan fingerprint density at radius 2 is 2.27 bits per heavy atom. The zero-order valence-electron chi connectivity index (χ0n) is 6.48. The second kappa shape index (κ2) is 6.74. The summed E-state index contributed by atoms with van der Waals surface area (Å²) in [4.78, 5) is 10.7. The molecule has 0 fully saturated rings. The quantitative estimate of drug-likeness (QED) is 0.502. The van der Waals surface area contributed by atoms with Gasteiger partial charge in [-0.2, -0.15) is 0 Å². The fourth-order valence-electron chi connectivity index (χ4n) is 0.612. The molecule has 0 amide bonds. The van der Waals surface area contributed by atoms with Crippen molar-refractivity contribution in [1.29, 1.82) is 0 Å². The van der Waals surface area contributed by atoms with Gasteiger partial charge in [-0.1, -0.05) is 18.5 Å². The van der Waals surface area contributed by atoms with Gasteiger partial charge >= 0.3 is 5.97 Å². The maximum absolute atomic E-state index is 10.7. The van der Waals surface area contributed by atoms with E-state index < -0.39 is 0 Å². The van der Waals surface area contributed by atoms with Crippen molar-refractivity contribution in [3.05, 3.63) is 0 Å². The van der Waals surface area contributed by atoms with Crippen LogP contribution in [-0.2, 0) is 9.53 Å². The van der Waals surface area contributed by atoms with Crippen LogP contribution in [0.2, 0.25) is 0 Å². The lowest BCUT2D eigenvalue weighted by Gasteiger charge is -2.04. The van der Waals surface area contributed by atoms with Gasteiger partial charge in [0.2, 0.25) is 0 Å². The highest BCUT2D eigenvalue weighted by Gasteiger charge is 2.06. The van der Waals surface area contributed by atoms with Gasteiger partial charge in [0, 0.05) is 11.8 Å². The summed E-state index contributed by atoms with van der Waals surface area (Å²) in [6, 6.07) is -0.0715. The van der Waals surface area contributed by atoms with Crippen LogP contribution < -0.4 is 0 Å². The zero-order valence-corrected chi connectivity index (χ0v) is 7.99. The van der Waals surface area contributed by atoms with E-state index in [1.165, 1.54) is 0 Å². The molecule has 0 spiro atoms. The minimum atomic E-state index is -0.279. The Kier molecular flexibility index (Phi) is 6.77. The molecule has 0 heterocycles. The van der Waals surface area contributed by atoms with Crippen LogP contribution >= 0.6 is 23.2 Å². The molecule has 0 rings (SSSR count). The van der Waals surface area contributed by atoms with Crippen LogP contribution in [0.3, 0.4) is 0 Å². The second-order valence-electron chi connectivity index (χ2n) is 2.17. The number of carbonyl (C=O) groups excluding carboxylic acids is 1. The van der Waals surface area contributed by atoms with Crippen molar-refractivity contribution in [2.24, 2.45) is 0 Å². The number of carbonyl (C=O) groups is 1. The fourth-order valence-corrected chi connectivity index (χ4v) is 0.842. The molecule has 0 aromatic heterocycles. The summed E-state index contributed by atoms with van der Waals surface area (Å²) in [5.74, 6) is -0.279. The largest absolute Gasteiger partial charge is 0.449 e. The Bertz CT molecular complexity index is 117. The first-order valence-corrected chi connectivity index (χ1v) is 4.53. The summed E-state index contributed by atoms with van der Waals surface area (Å²) in [6.45, 7) is 1.98. The van der Waals surface area contributed by atoms with Crippen molar-refractivity contribution >= 4 is 29.2 Å². The minimum absolute atomic E-state index is 0.0675. The van der Waals surface area contributed by atoms with Crippen LogP contribution in [0.5, 0.6) is 0 Å². The van der Waals surface area contributed by atoms with Crippen LogP contribution in [-0.4, -0.2) is 17.4 Å². The van der Waals surface area contributed by atoms with Crippen LogP contribution in [0.15, 0.2) is 0 Å². The molecule has 0 aromatic carbocycles. The molecule has 4 heteroatoms. The average Bonchev–Trinajstić information content (AvgIpc) is 2.01. The van der Waals surface area contributed by atoms with Crippen LogP contribution in [0.25, 0.3) is 0 Å². The summed E-state index contributed by atoms with van der Waals surface area (Å²) < 4.78 is 4.50. The van der Waals surface area contributed by atoms with E-state index in [2.05, 4.69) is 4.74 Å². The van der Waals surface area contributed by atoms with Crippen molar-refractivity contribution in [3.63, 3.8) is 0 Å². The summed E-state index contributed by atoms with van der Waals surface area (Å²) in [5.41, 5.74) is 0. The lowest BCUT2D eigenvalue weighted by Crippen LogP contribution is -2.06. The molecule has 0 aromatic rings. The van der Waals surface area contributed by atoms with Gasteiger partial charge in [0.25, 0.3) is 0 Å².